The number of likely N-dealkylation sites (tertiary alicyclic amines) is 1. The first kappa shape index (κ1) is 18.2. The van der Waals surface area contributed by atoms with Crippen LogP contribution in [0.25, 0.3) is 0 Å². The predicted molar refractivity (Wildman–Crippen MR) is 106 cm³/mol. The zero-order valence-electron chi connectivity index (χ0n) is 14.3. The average molecular weight is 379 g/mol. The minimum Gasteiger partial charge on any atom is -0.467 e. The zero-order chi connectivity index (χ0) is 17.5. The second-order valence-electron chi connectivity index (χ2n) is 6.50. The van der Waals surface area contributed by atoms with E-state index in [-0.39, 0.29) is 0 Å². The zero-order valence-corrected chi connectivity index (χ0v) is 15.9. The fourth-order valence-corrected chi connectivity index (χ4v) is 3.62. The first-order chi connectivity index (χ1) is 12.2. The van der Waals surface area contributed by atoms with Gasteiger partial charge in [0.05, 0.1) is 32.4 Å². The number of anilines is 1. The summed E-state index contributed by atoms with van der Waals surface area (Å²) in [5.74, 6) is 0.925. The van der Waals surface area contributed by atoms with Gasteiger partial charge >= 0.3 is 0 Å². The molecule has 134 valence electrons. The Morgan fingerprint density at radius 2 is 1.96 bits per heavy atom. The van der Waals surface area contributed by atoms with E-state index < -0.39 is 0 Å². The number of nitrogens with zero attached hydrogens (tertiary/aromatic N) is 1. The van der Waals surface area contributed by atoms with Crippen LogP contribution in [0.15, 0.2) is 47.1 Å². The number of thiocarbonyl (C=S) groups is 1. The Bertz CT molecular complexity index is 654. The van der Waals surface area contributed by atoms with Crippen LogP contribution in [0.5, 0.6) is 0 Å². The van der Waals surface area contributed by atoms with E-state index in [4.69, 9.17) is 28.2 Å². The molecule has 0 amide bonds. The minimum atomic E-state index is 0.682. The van der Waals surface area contributed by atoms with Gasteiger partial charge in [-0.15, -0.1) is 0 Å². The molecule has 4 nitrogen and oxygen atoms in total. The predicted octanol–water partition coefficient (Wildman–Crippen LogP) is 3.20. The lowest BCUT2D eigenvalue weighted by molar-refractivity contribution is -0.887. The second-order valence-corrected chi connectivity index (χ2v) is 7.32. The highest BCUT2D eigenvalue weighted by molar-refractivity contribution is 7.80. The fourth-order valence-electron chi connectivity index (χ4n) is 3.22. The van der Waals surface area contributed by atoms with Gasteiger partial charge < -0.3 is 19.5 Å². The van der Waals surface area contributed by atoms with Crippen molar-refractivity contribution >= 4 is 34.6 Å². The number of halogens is 1. The summed E-state index contributed by atoms with van der Waals surface area (Å²) in [6, 6.07) is 11.5. The molecule has 3 rings (SSSR count). The quantitative estimate of drug-likeness (QED) is 0.725. The lowest BCUT2D eigenvalue weighted by atomic mass is 10.3. The van der Waals surface area contributed by atoms with Crippen molar-refractivity contribution in [3.63, 3.8) is 0 Å². The molecular weight excluding hydrogens is 354 g/mol. The van der Waals surface area contributed by atoms with Crippen LogP contribution in [0.2, 0.25) is 5.02 Å². The molecule has 2 heterocycles. The third kappa shape index (κ3) is 5.73. The lowest BCUT2D eigenvalue weighted by Crippen LogP contribution is -3.10. The Balaban J connectivity index is 1.57. The molecule has 1 aromatic carbocycles. The lowest BCUT2D eigenvalue weighted by Gasteiger charge is -2.25. The van der Waals surface area contributed by atoms with Crippen LogP contribution in [-0.2, 0) is 6.54 Å². The summed E-state index contributed by atoms with van der Waals surface area (Å²) in [5, 5.41) is 4.75. The van der Waals surface area contributed by atoms with Crippen LogP contribution in [0.1, 0.15) is 25.0 Å². The highest BCUT2D eigenvalue weighted by Gasteiger charge is 2.17. The maximum atomic E-state index is 5.95. The Labute approximate surface area is 159 Å². The standard InChI is InChI=1S/C19H24ClN3OS/c20-16-6-8-17(9-7-16)21-19(25)23(15-18-5-3-14-24-18)13-4-12-22-10-1-2-11-22/h3,5-9,14H,1-2,4,10-13,15H2,(H,21,25)/p+1. The largest absolute Gasteiger partial charge is 0.467 e. The topological polar surface area (TPSA) is 32.9 Å². The van der Waals surface area contributed by atoms with Gasteiger partial charge in [-0.3, -0.25) is 0 Å². The first-order valence-corrected chi connectivity index (χ1v) is 9.67. The number of rotatable bonds is 7. The molecule has 1 fully saturated rings. The van der Waals surface area contributed by atoms with Crippen LogP contribution >= 0.6 is 23.8 Å². The van der Waals surface area contributed by atoms with Crippen molar-refractivity contribution in [2.24, 2.45) is 0 Å². The summed E-state index contributed by atoms with van der Waals surface area (Å²) in [4.78, 5) is 3.90. The van der Waals surface area contributed by atoms with E-state index in [9.17, 15) is 0 Å². The minimum absolute atomic E-state index is 0.682. The van der Waals surface area contributed by atoms with Gasteiger partial charge in [0, 0.05) is 36.5 Å². The maximum absolute atomic E-state index is 5.95. The Hall–Kier alpha value is -1.56. The van der Waals surface area contributed by atoms with Crippen LogP contribution in [0.3, 0.4) is 0 Å². The molecule has 1 aromatic heterocycles. The number of benzene rings is 1. The van der Waals surface area contributed by atoms with E-state index in [0.29, 0.717) is 6.54 Å². The SMILES string of the molecule is S=C(Nc1ccc(Cl)cc1)N(CCC[NH+]1CCCC1)Cc1ccco1. The van der Waals surface area contributed by atoms with E-state index in [1.165, 1.54) is 32.5 Å². The summed E-state index contributed by atoms with van der Waals surface area (Å²) < 4.78 is 5.51. The smallest absolute Gasteiger partial charge is 0.173 e. The molecule has 1 aliphatic heterocycles. The number of hydrogen-bond donors (Lipinski definition) is 2. The number of hydrogen-bond acceptors (Lipinski definition) is 2. The molecule has 25 heavy (non-hydrogen) atoms. The van der Waals surface area contributed by atoms with Crippen molar-refractivity contribution in [1.29, 1.82) is 0 Å². The van der Waals surface area contributed by atoms with Crippen LogP contribution in [0.4, 0.5) is 5.69 Å². The summed E-state index contributed by atoms with van der Waals surface area (Å²) in [6.07, 6.45) is 5.56. The van der Waals surface area contributed by atoms with Gasteiger partial charge in [0.2, 0.25) is 0 Å². The van der Waals surface area contributed by atoms with Crippen molar-refractivity contribution in [2.45, 2.75) is 25.8 Å². The number of nitrogens with one attached hydrogen (secondary N) is 2. The molecule has 2 aromatic rings. The molecule has 0 atom stereocenters. The summed E-state index contributed by atoms with van der Waals surface area (Å²) in [5.41, 5.74) is 0.948. The first-order valence-electron chi connectivity index (χ1n) is 8.88. The molecule has 0 radical (unpaired) electrons. The van der Waals surface area contributed by atoms with Crippen molar-refractivity contribution < 1.29 is 9.32 Å². The molecular formula is C19H25ClN3OS+. The van der Waals surface area contributed by atoms with Crippen LogP contribution in [-0.4, -0.2) is 36.2 Å². The van der Waals surface area contributed by atoms with Crippen LogP contribution in [0, 0.1) is 0 Å². The van der Waals surface area contributed by atoms with E-state index >= 15 is 0 Å². The van der Waals surface area contributed by atoms with Gasteiger partial charge in [0.15, 0.2) is 5.11 Å². The van der Waals surface area contributed by atoms with Gasteiger partial charge in [-0.25, -0.2) is 0 Å². The molecule has 0 aliphatic carbocycles. The highest BCUT2D eigenvalue weighted by atomic mass is 35.5. The normalized spacial score (nSPS) is 14.6. The van der Waals surface area contributed by atoms with Gasteiger partial charge in [-0.1, -0.05) is 11.6 Å². The van der Waals surface area contributed by atoms with Crippen molar-refractivity contribution in [3.8, 4) is 0 Å². The Kier molecular flexibility index (Phi) is 6.73. The third-order valence-electron chi connectivity index (χ3n) is 4.58. The van der Waals surface area contributed by atoms with Crippen LogP contribution < -0.4 is 10.2 Å². The fraction of sp³-hybridized carbons (Fsp3) is 0.421. The summed E-state index contributed by atoms with van der Waals surface area (Å²) in [7, 11) is 0. The molecule has 0 saturated carbocycles. The van der Waals surface area contributed by atoms with Crippen molar-refractivity contribution in [2.75, 3.05) is 31.5 Å². The Morgan fingerprint density at radius 3 is 2.64 bits per heavy atom. The van der Waals surface area contributed by atoms with Gasteiger partial charge in [0.1, 0.15) is 5.76 Å². The van der Waals surface area contributed by atoms with E-state index in [1.54, 1.807) is 11.2 Å². The summed E-state index contributed by atoms with van der Waals surface area (Å²) >= 11 is 11.6. The third-order valence-corrected chi connectivity index (χ3v) is 5.19. The molecule has 0 unspecified atom stereocenters. The van der Waals surface area contributed by atoms with E-state index in [1.807, 2.05) is 36.4 Å². The summed E-state index contributed by atoms with van der Waals surface area (Å²) in [6.45, 7) is 5.43. The number of quaternary nitrogens is 1. The molecule has 0 bridgehead atoms. The van der Waals surface area contributed by atoms with Crippen molar-refractivity contribution in [1.82, 2.24) is 4.90 Å². The van der Waals surface area contributed by atoms with Gasteiger partial charge in [0.25, 0.3) is 0 Å². The Morgan fingerprint density at radius 1 is 1.20 bits per heavy atom. The molecule has 1 saturated heterocycles. The molecule has 1 aliphatic rings. The van der Waals surface area contributed by atoms with E-state index in [0.717, 1.165) is 34.5 Å². The molecule has 6 heteroatoms. The van der Waals surface area contributed by atoms with Gasteiger partial charge in [-0.2, -0.15) is 0 Å². The number of furan rings is 1. The average Bonchev–Trinajstić information content (AvgIpc) is 3.30. The highest BCUT2D eigenvalue weighted by Crippen LogP contribution is 2.15. The maximum Gasteiger partial charge on any atom is 0.173 e. The molecule has 0 spiro atoms. The van der Waals surface area contributed by atoms with E-state index in [2.05, 4.69) is 10.2 Å². The monoisotopic (exact) mass is 378 g/mol. The van der Waals surface area contributed by atoms with Gasteiger partial charge in [-0.05, 0) is 48.6 Å². The van der Waals surface area contributed by atoms with Crippen molar-refractivity contribution in [3.05, 3.63) is 53.4 Å². The second kappa shape index (κ2) is 9.22. The molecule has 2 N–H and O–H groups in total.